The van der Waals surface area contributed by atoms with Crippen LogP contribution < -0.4 is 19.5 Å². The van der Waals surface area contributed by atoms with Crippen LogP contribution in [0.2, 0.25) is 5.02 Å². The number of aliphatic hydroxyl groups is 2. The Morgan fingerprint density at radius 2 is 1.82 bits per heavy atom. The summed E-state index contributed by atoms with van der Waals surface area (Å²) in [6, 6.07) is 11.8. The van der Waals surface area contributed by atoms with Gasteiger partial charge in [0.15, 0.2) is 17.1 Å². The summed E-state index contributed by atoms with van der Waals surface area (Å²) in [6.07, 6.45) is 1.50. The van der Waals surface area contributed by atoms with E-state index in [1.54, 1.807) is 19.2 Å². The first-order valence-corrected chi connectivity index (χ1v) is 12.4. The number of methoxy groups -OCH3 is 2. The molecule has 4 aromatic rings. The van der Waals surface area contributed by atoms with E-state index >= 15 is 0 Å². The van der Waals surface area contributed by atoms with E-state index in [-0.39, 0.29) is 41.7 Å². The van der Waals surface area contributed by atoms with Gasteiger partial charge in [0.1, 0.15) is 29.6 Å². The second-order valence-electron chi connectivity index (χ2n) is 8.63. The normalized spacial score (nSPS) is 12.5. The zero-order chi connectivity index (χ0) is 28.9. The summed E-state index contributed by atoms with van der Waals surface area (Å²) in [6.45, 7) is -0.450. The van der Waals surface area contributed by atoms with Crippen LogP contribution in [0.25, 0.3) is 11.3 Å². The van der Waals surface area contributed by atoms with Crippen LogP contribution in [0.5, 0.6) is 17.2 Å². The van der Waals surface area contributed by atoms with Crippen molar-refractivity contribution < 1.29 is 33.6 Å². The van der Waals surface area contributed by atoms with Gasteiger partial charge in [-0.1, -0.05) is 16.8 Å². The third-order valence-corrected chi connectivity index (χ3v) is 6.29. The smallest absolute Gasteiger partial charge is 0.251 e. The fourth-order valence-corrected chi connectivity index (χ4v) is 4.12. The van der Waals surface area contributed by atoms with Crippen LogP contribution in [0.15, 0.2) is 54.7 Å². The monoisotopic (exact) mass is 571 g/mol. The molecule has 13 heteroatoms. The van der Waals surface area contributed by atoms with Crippen LogP contribution in [0.3, 0.4) is 0 Å². The van der Waals surface area contributed by atoms with Crippen molar-refractivity contribution in [3.63, 3.8) is 0 Å². The van der Waals surface area contributed by atoms with Gasteiger partial charge in [-0.2, -0.15) is 0 Å². The molecule has 1 amide bonds. The maximum absolute atomic E-state index is 13.8. The highest BCUT2D eigenvalue weighted by Gasteiger charge is 2.37. The molecule has 0 aliphatic carbocycles. The molecule has 0 aliphatic heterocycles. The molecule has 2 aromatic carbocycles. The molecule has 210 valence electrons. The quantitative estimate of drug-likeness (QED) is 0.248. The van der Waals surface area contributed by atoms with Crippen molar-refractivity contribution in [3.05, 3.63) is 82.5 Å². The number of hydrogen-bond donors (Lipinski definition) is 3. The number of amides is 1. The molecule has 40 heavy (non-hydrogen) atoms. The molecule has 0 bridgehead atoms. The number of pyridine rings is 1. The summed E-state index contributed by atoms with van der Waals surface area (Å²) in [7, 11) is 4.52. The lowest BCUT2D eigenvalue weighted by Gasteiger charge is -2.27. The summed E-state index contributed by atoms with van der Waals surface area (Å²) in [5, 5.41) is 31.6. The summed E-state index contributed by atoms with van der Waals surface area (Å²) >= 11 is 6.00. The predicted molar refractivity (Wildman–Crippen MR) is 143 cm³/mol. The van der Waals surface area contributed by atoms with Gasteiger partial charge in [0.05, 0.1) is 44.3 Å². The molecule has 0 spiro atoms. The van der Waals surface area contributed by atoms with Crippen molar-refractivity contribution >= 4 is 17.5 Å². The highest BCUT2D eigenvalue weighted by atomic mass is 35.5. The lowest BCUT2D eigenvalue weighted by Crippen LogP contribution is -2.42. The number of carbonyl (C=O) groups excluding carboxylic acids is 1. The fourth-order valence-electron chi connectivity index (χ4n) is 3.93. The largest absolute Gasteiger partial charge is 0.494 e. The van der Waals surface area contributed by atoms with Gasteiger partial charge < -0.3 is 29.7 Å². The average molecular weight is 572 g/mol. The number of aliphatic hydroxyl groups excluding tert-OH is 1. The van der Waals surface area contributed by atoms with E-state index < -0.39 is 17.3 Å². The molecule has 0 saturated heterocycles. The van der Waals surface area contributed by atoms with Gasteiger partial charge in [-0.05, 0) is 48.5 Å². The van der Waals surface area contributed by atoms with Gasteiger partial charge >= 0.3 is 0 Å². The van der Waals surface area contributed by atoms with Crippen molar-refractivity contribution in [2.24, 2.45) is 7.05 Å². The van der Waals surface area contributed by atoms with Gasteiger partial charge in [0.2, 0.25) is 0 Å². The highest BCUT2D eigenvalue weighted by Crippen LogP contribution is 2.35. The number of halogens is 2. The van der Waals surface area contributed by atoms with E-state index in [4.69, 9.17) is 30.9 Å². The minimum atomic E-state index is -1.93. The van der Waals surface area contributed by atoms with Crippen molar-refractivity contribution in [2.45, 2.75) is 5.60 Å². The number of rotatable bonds is 11. The lowest BCUT2D eigenvalue weighted by molar-refractivity contribution is 0.0635. The Balaban J connectivity index is 1.69. The number of hydrogen-bond acceptors (Lipinski definition) is 9. The Labute approximate surface area is 234 Å². The van der Waals surface area contributed by atoms with Crippen LogP contribution in [0.4, 0.5) is 4.39 Å². The van der Waals surface area contributed by atoms with Crippen LogP contribution in [-0.4, -0.2) is 70.1 Å². The Kier molecular flexibility index (Phi) is 8.83. The maximum Gasteiger partial charge on any atom is 0.251 e. The van der Waals surface area contributed by atoms with Crippen molar-refractivity contribution in [2.75, 3.05) is 34.0 Å². The average Bonchev–Trinajstić information content (AvgIpc) is 3.42. The zero-order valence-electron chi connectivity index (χ0n) is 21.9. The van der Waals surface area contributed by atoms with Crippen LogP contribution in [-0.2, 0) is 12.6 Å². The first-order chi connectivity index (χ1) is 19.2. The van der Waals surface area contributed by atoms with Crippen molar-refractivity contribution in [1.82, 2.24) is 25.3 Å². The SMILES string of the molecule is COc1cc(C(=O)NCC(O)(c2cn(C)nn2)c2ccc(OC)c(-c3ccc(F)c(Cl)c3)n2)ccc1OCCO. The van der Waals surface area contributed by atoms with Crippen LogP contribution in [0, 0.1) is 5.82 Å². The molecular weight excluding hydrogens is 545 g/mol. The Morgan fingerprint density at radius 1 is 1.07 bits per heavy atom. The van der Waals surface area contributed by atoms with Crippen molar-refractivity contribution in [1.29, 1.82) is 0 Å². The second-order valence-corrected chi connectivity index (χ2v) is 9.04. The number of nitrogens with zero attached hydrogens (tertiary/aromatic N) is 4. The van der Waals surface area contributed by atoms with Gasteiger partial charge in [-0.15, -0.1) is 5.10 Å². The number of aryl methyl sites for hydroxylation is 1. The number of aromatic nitrogens is 4. The number of ether oxygens (including phenoxy) is 3. The van der Waals surface area contributed by atoms with E-state index in [2.05, 4.69) is 20.6 Å². The Morgan fingerprint density at radius 3 is 2.48 bits per heavy atom. The van der Waals surface area contributed by atoms with Gasteiger partial charge in [-0.25, -0.2) is 9.37 Å². The number of carbonyl (C=O) groups is 1. The fraction of sp³-hybridized carbons (Fsp3) is 0.259. The molecule has 1 unspecified atom stereocenters. The van der Waals surface area contributed by atoms with Gasteiger partial charge in [-0.3, -0.25) is 9.48 Å². The van der Waals surface area contributed by atoms with E-state index in [0.29, 0.717) is 28.5 Å². The third-order valence-electron chi connectivity index (χ3n) is 6.00. The Hall–Kier alpha value is -4.26. The molecule has 0 aliphatic rings. The molecule has 4 rings (SSSR count). The predicted octanol–water partition coefficient (Wildman–Crippen LogP) is 2.72. The zero-order valence-corrected chi connectivity index (χ0v) is 22.6. The molecule has 11 nitrogen and oxygen atoms in total. The molecule has 2 aromatic heterocycles. The summed E-state index contributed by atoms with van der Waals surface area (Å²) in [4.78, 5) is 17.7. The Bertz CT molecular complexity index is 1520. The number of nitrogens with one attached hydrogen (secondary N) is 1. The van der Waals surface area contributed by atoms with Crippen molar-refractivity contribution in [3.8, 4) is 28.5 Å². The molecule has 0 saturated carbocycles. The molecule has 3 N–H and O–H groups in total. The number of benzene rings is 2. The first kappa shape index (κ1) is 28.7. The second kappa shape index (κ2) is 12.3. The molecule has 1 atom stereocenters. The van der Waals surface area contributed by atoms with Crippen LogP contribution >= 0.6 is 11.6 Å². The third kappa shape index (κ3) is 5.98. The minimum Gasteiger partial charge on any atom is -0.494 e. The standard InChI is InChI=1S/C27H27ClFN5O6/c1-34-14-24(32-33-34)27(37,15-30-26(36)17-5-7-20(40-11-10-35)22(13-17)39-3)23-9-8-21(38-2)25(31-23)16-4-6-19(29)18(28)12-16/h4-9,12-14,35,37H,10-11,15H2,1-3H3,(H,30,36). The van der Waals surface area contributed by atoms with E-state index in [1.165, 1.54) is 61.5 Å². The minimum absolute atomic E-state index is 0.0635. The molecular formula is C27H27ClFN5O6. The summed E-state index contributed by atoms with van der Waals surface area (Å²) in [5.41, 5.74) is -0.705. The molecule has 0 fully saturated rings. The van der Waals surface area contributed by atoms with Crippen LogP contribution in [0.1, 0.15) is 21.7 Å². The summed E-state index contributed by atoms with van der Waals surface area (Å²) in [5.74, 6) is -0.102. The van der Waals surface area contributed by atoms with E-state index in [9.17, 15) is 14.3 Å². The van der Waals surface area contributed by atoms with Gasteiger partial charge in [0.25, 0.3) is 5.91 Å². The summed E-state index contributed by atoms with van der Waals surface area (Å²) < 4.78 is 31.4. The van der Waals surface area contributed by atoms with Gasteiger partial charge in [0, 0.05) is 18.2 Å². The maximum atomic E-state index is 13.8. The lowest BCUT2D eigenvalue weighted by atomic mass is 9.94. The molecule has 0 radical (unpaired) electrons. The first-order valence-electron chi connectivity index (χ1n) is 12.0. The van der Waals surface area contributed by atoms with E-state index in [1.807, 2.05) is 0 Å². The topological polar surface area (TPSA) is 141 Å². The van der Waals surface area contributed by atoms with E-state index in [0.717, 1.165) is 0 Å². The highest BCUT2D eigenvalue weighted by molar-refractivity contribution is 6.31. The molecule has 2 heterocycles.